The summed E-state index contributed by atoms with van der Waals surface area (Å²) < 4.78 is 5.47. The van der Waals surface area contributed by atoms with E-state index in [-0.39, 0.29) is 18.0 Å². The zero-order valence-corrected chi connectivity index (χ0v) is 12.5. The highest BCUT2D eigenvalue weighted by Gasteiger charge is 2.14. The summed E-state index contributed by atoms with van der Waals surface area (Å²) in [4.78, 5) is 24.0. The van der Waals surface area contributed by atoms with Crippen molar-refractivity contribution >= 4 is 17.8 Å². The van der Waals surface area contributed by atoms with Gasteiger partial charge in [0.25, 0.3) is 0 Å². The second-order valence-corrected chi connectivity index (χ2v) is 4.44. The summed E-state index contributed by atoms with van der Waals surface area (Å²) in [5.41, 5.74) is 0. The Kier molecular flexibility index (Phi) is 5.95. The molecule has 0 saturated carbocycles. The highest BCUT2D eigenvalue weighted by atomic mass is 16.5. The van der Waals surface area contributed by atoms with Gasteiger partial charge in [-0.1, -0.05) is 0 Å². The first-order valence-electron chi connectivity index (χ1n) is 6.61. The molecule has 0 spiro atoms. The smallest absolute Gasteiger partial charge is 0.323 e. The van der Waals surface area contributed by atoms with Gasteiger partial charge in [0.05, 0.1) is 6.10 Å². The van der Waals surface area contributed by atoms with Gasteiger partial charge in [-0.2, -0.15) is 15.0 Å². The predicted molar refractivity (Wildman–Crippen MR) is 76.9 cm³/mol. The second-order valence-electron chi connectivity index (χ2n) is 4.44. The van der Waals surface area contributed by atoms with E-state index in [4.69, 9.17) is 4.74 Å². The van der Waals surface area contributed by atoms with Crippen molar-refractivity contribution < 1.29 is 9.53 Å². The first kappa shape index (κ1) is 15.9. The van der Waals surface area contributed by atoms with Gasteiger partial charge in [0.1, 0.15) is 6.04 Å². The molecule has 1 rings (SSSR count). The van der Waals surface area contributed by atoms with Crippen LogP contribution in [0.4, 0.5) is 11.9 Å². The summed E-state index contributed by atoms with van der Waals surface area (Å²) in [7, 11) is 1.57. The van der Waals surface area contributed by atoms with Crippen molar-refractivity contribution in [2.45, 2.75) is 39.8 Å². The van der Waals surface area contributed by atoms with Crippen LogP contribution in [-0.2, 0) is 4.79 Å². The average Bonchev–Trinajstić information content (AvgIpc) is 2.36. The van der Waals surface area contributed by atoms with E-state index in [9.17, 15) is 4.79 Å². The van der Waals surface area contributed by atoms with Crippen molar-refractivity contribution in [3.63, 3.8) is 0 Å². The van der Waals surface area contributed by atoms with E-state index in [1.54, 1.807) is 14.0 Å². The number of aromatic nitrogens is 3. The summed E-state index contributed by atoms with van der Waals surface area (Å²) in [6.45, 7) is 8.11. The first-order valence-corrected chi connectivity index (χ1v) is 6.61. The van der Waals surface area contributed by atoms with Crippen LogP contribution >= 0.6 is 0 Å². The van der Waals surface area contributed by atoms with Crippen molar-refractivity contribution in [3.05, 3.63) is 0 Å². The molecule has 0 aliphatic carbocycles. The van der Waals surface area contributed by atoms with Gasteiger partial charge in [-0.25, -0.2) is 0 Å². The van der Waals surface area contributed by atoms with Crippen molar-refractivity contribution in [2.75, 3.05) is 24.2 Å². The number of amides is 1. The molecule has 0 aliphatic heterocycles. The maximum absolute atomic E-state index is 11.5. The fourth-order valence-corrected chi connectivity index (χ4v) is 1.40. The third kappa shape index (κ3) is 4.87. The lowest BCUT2D eigenvalue weighted by molar-refractivity contribution is -0.121. The van der Waals surface area contributed by atoms with E-state index in [1.165, 1.54) is 0 Å². The van der Waals surface area contributed by atoms with Crippen LogP contribution in [0.2, 0.25) is 0 Å². The zero-order valence-electron chi connectivity index (χ0n) is 12.5. The molecule has 1 unspecified atom stereocenters. The molecule has 0 radical (unpaired) electrons. The molecule has 1 aromatic heterocycles. The lowest BCUT2D eigenvalue weighted by Crippen LogP contribution is -2.35. The van der Waals surface area contributed by atoms with Crippen molar-refractivity contribution in [1.82, 2.24) is 20.3 Å². The number of hydrogen-bond acceptors (Lipinski definition) is 7. The number of nitrogens with zero attached hydrogens (tertiary/aromatic N) is 3. The molecular formula is C12H22N6O2. The quantitative estimate of drug-likeness (QED) is 0.674. The van der Waals surface area contributed by atoms with Gasteiger partial charge < -0.3 is 20.7 Å². The minimum Gasteiger partial charge on any atom is -0.461 e. The number of rotatable bonds is 7. The lowest BCUT2D eigenvalue weighted by atomic mass is 10.3. The van der Waals surface area contributed by atoms with Crippen LogP contribution in [-0.4, -0.2) is 46.6 Å². The van der Waals surface area contributed by atoms with Crippen LogP contribution in [0.25, 0.3) is 0 Å². The Morgan fingerprint density at radius 3 is 2.40 bits per heavy atom. The van der Waals surface area contributed by atoms with Crippen LogP contribution in [0.1, 0.15) is 27.7 Å². The number of likely N-dealkylation sites (N-methyl/N-ethyl adjacent to an activating group) is 1. The molecule has 112 valence electrons. The van der Waals surface area contributed by atoms with Gasteiger partial charge in [0.15, 0.2) is 0 Å². The first-order chi connectivity index (χ1) is 9.46. The molecule has 20 heavy (non-hydrogen) atoms. The highest BCUT2D eigenvalue weighted by Crippen LogP contribution is 2.13. The van der Waals surface area contributed by atoms with Crippen LogP contribution in [0.5, 0.6) is 6.01 Å². The van der Waals surface area contributed by atoms with E-state index in [1.807, 2.05) is 20.8 Å². The fraction of sp³-hybridized carbons (Fsp3) is 0.667. The monoisotopic (exact) mass is 282 g/mol. The Hall–Kier alpha value is -2.12. The number of carbonyl (C=O) groups is 1. The minimum atomic E-state index is -0.455. The average molecular weight is 282 g/mol. The van der Waals surface area contributed by atoms with Crippen LogP contribution in [0.3, 0.4) is 0 Å². The Bertz CT molecular complexity index is 452. The SMILES string of the molecule is CCNc1nc(NC(C)C(=O)NC)nc(OC(C)C)n1. The van der Waals surface area contributed by atoms with Crippen molar-refractivity contribution in [2.24, 2.45) is 0 Å². The van der Waals surface area contributed by atoms with Crippen LogP contribution in [0.15, 0.2) is 0 Å². The largest absolute Gasteiger partial charge is 0.461 e. The topological polar surface area (TPSA) is 101 Å². The molecule has 1 aromatic rings. The van der Waals surface area contributed by atoms with Gasteiger partial charge in [-0.05, 0) is 27.7 Å². The third-order valence-electron chi connectivity index (χ3n) is 2.28. The molecule has 0 aliphatic rings. The molecular weight excluding hydrogens is 260 g/mol. The molecule has 8 heteroatoms. The molecule has 1 amide bonds. The maximum Gasteiger partial charge on any atom is 0.323 e. The Balaban J connectivity index is 2.93. The molecule has 3 N–H and O–H groups in total. The van der Waals surface area contributed by atoms with Crippen LogP contribution in [0, 0.1) is 0 Å². The molecule has 1 atom stereocenters. The second kappa shape index (κ2) is 7.46. The normalized spacial score (nSPS) is 11.9. The summed E-state index contributed by atoms with van der Waals surface area (Å²) in [6.07, 6.45) is -0.0453. The highest BCUT2D eigenvalue weighted by molar-refractivity contribution is 5.83. The van der Waals surface area contributed by atoms with Gasteiger partial charge in [0.2, 0.25) is 17.8 Å². The van der Waals surface area contributed by atoms with Gasteiger partial charge in [0, 0.05) is 13.6 Å². The van der Waals surface area contributed by atoms with E-state index >= 15 is 0 Å². The molecule has 0 fully saturated rings. The van der Waals surface area contributed by atoms with Crippen molar-refractivity contribution in [3.8, 4) is 6.01 Å². The summed E-state index contributed by atoms with van der Waals surface area (Å²) in [6, 6.07) is -0.235. The molecule has 0 saturated heterocycles. The predicted octanol–water partition coefficient (Wildman–Crippen LogP) is 0.637. The molecule has 1 heterocycles. The molecule has 0 bridgehead atoms. The maximum atomic E-state index is 11.5. The van der Waals surface area contributed by atoms with Gasteiger partial charge in [-0.3, -0.25) is 4.79 Å². The summed E-state index contributed by atoms with van der Waals surface area (Å²) in [5, 5.41) is 8.46. The third-order valence-corrected chi connectivity index (χ3v) is 2.28. The minimum absolute atomic E-state index is 0.0453. The van der Waals surface area contributed by atoms with E-state index < -0.39 is 6.04 Å². The zero-order chi connectivity index (χ0) is 15.1. The molecule has 0 aromatic carbocycles. The standard InChI is InChI=1S/C12H22N6O2/c1-6-14-10-16-11(15-8(4)9(19)13-5)18-12(17-10)20-7(2)3/h7-8H,6H2,1-5H3,(H,13,19)(H2,14,15,16,17,18). The van der Waals surface area contributed by atoms with E-state index in [2.05, 4.69) is 30.9 Å². The number of nitrogens with one attached hydrogen (secondary N) is 3. The number of carbonyl (C=O) groups excluding carboxylic acids is 1. The number of hydrogen-bond donors (Lipinski definition) is 3. The lowest BCUT2D eigenvalue weighted by Gasteiger charge is -2.14. The molecule has 8 nitrogen and oxygen atoms in total. The van der Waals surface area contributed by atoms with Gasteiger partial charge >= 0.3 is 6.01 Å². The Morgan fingerprint density at radius 2 is 1.85 bits per heavy atom. The Labute approximate surface area is 118 Å². The van der Waals surface area contributed by atoms with E-state index in [0.29, 0.717) is 18.4 Å². The number of ether oxygens (including phenoxy) is 1. The van der Waals surface area contributed by atoms with Gasteiger partial charge in [-0.15, -0.1) is 0 Å². The fourth-order valence-electron chi connectivity index (χ4n) is 1.40. The summed E-state index contributed by atoms with van der Waals surface area (Å²) >= 11 is 0. The van der Waals surface area contributed by atoms with Crippen molar-refractivity contribution in [1.29, 1.82) is 0 Å². The van der Waals surface area contributed by atoms with Crippen LogP contribution < -0.4 is 20.7 Å². The summed E-state index contributed by atoms with van der Waals surface area (Å²) in [5.74, 6) is 0.550. The number of anilines is 2. The van der Waals surface area contributed by atoms with E-state index in [0.717, 1.165) is 0 Å². The Morgan fingerprint density at radius 1 is 1.20 bits per heavy atom.